The van der Waals surface area contributed by atoms with Gasteiger partial charge in [0.2, 0.25) is 0 Å². The molecule has 29 heavy (non-hydrogen) atoms. The topological polar surface area (TPSA) is 78.7 Å². The molecule has 0 aliphatic heterocycles. The summed E-state index contributed by atoms with van der Waals surface area (Å²) in [5.41, 5.74) is 2.16. The average molecular weight is 389 g/mol. The highest BCUT2D eigenvalue weighted by Crippen LogP contribution is 2.26. The van der Waals surface area contributed by atoms with Gasteiger partial charge in [-0.1, -0.05) is 54.6 Å². The Morgan fingerprint density at radius 3 is 2.38 bits per heavy atom. The third-order valence-corrected chi connectivity index (χ3v) is 4.25. The van der Waals surface area contributed by atoms with Gasteiger partial charge >= 0.3 is 5.97 Å². The Labute approximate surface area is 168 Å². The van der Waals surface area contributed by atoms with Gasteiger partial charge in [-0.15, -0.1) is 0 Å². The van der Waals surface area contributed by atoms with Gasteiger partial charge in [-0.25, -0.2) is 4.79 Å². The molecule has 0 heterocycles. The highest BCUT2D eigenvalue weighted by molar-refractivity contribution is 5.91. The lowest BCUT2D eigenvalue weighted by molar-refractivity contribution is -0.385. The van der Waals surface area contributed by atoms with Gasteiger partial charge in [0.25, 0.3) is 5.69 Å². The van der Waals surface area contributed by atoms with Gasteiger partial charge in [0.05, 0.1) is 23.2 Å². The Balaban J connectivity index is 1.84. The number of methoxy groups -OCH3 is 1. The summed E-state index contributed by atoms with van der Waals surface area (Å²) in [6, 6.07) is 21.5. The van der Waals surface area contributed by atoms with Gasteiger partial charge in [-0.3, -0.25) is 10.1 Å². The Bertz CT molecular complexity index is 1040. The van der Waals surface area contributed by atoms with E-state index in [1.807, 2.05) is 54.6 Å². The molecule has 0 fully saturated rings. The van der Waals surface area contributed by atoms with Crippen LogP contribution in [0.5, 0.6) is 5.75 Å². The number of nitrogens with zero attached hydrogens (tertiary/aromatic N) is 1. The van der Waals surface area contributed by atoms with E-state index < -0.39 is 10.9 Å². The number of nitro benzene ring substituents is 1. The highest BCUT2D eigenvalue weighted by Gasteiger charge is 2.16. The maximum Gasteiger partial charge on any atom is 0.338 e. The fourth-order valence-electron chi connectivity index (χ4n) is 2.75. The molecular formula is C23H19NO5. The van der Waals surface area contributed by atoms with Crippen LogP contribution in [0.2, 0.25) is 0 Å². The monoisotopic (exact) mass is 389 g/mol. The Morgan fingerprint density at radius 2 is 1.66 bits per heavy atom. The van der Waals surface area contributed by atoms with Gasteiger partial charge in [0.1, 0.15) is 12.4 Å². The number of carbonyl (C=O) groups is 1. The molecule has 0 unspecified atom stereocenters. The first kappa shape index (κ1) is 19.8. The van der Waals surface area contributed by atoms with Crippen LogP contribution in [0.25, 0.3) is 12.2 Å². The fourth-order valence-corrected chi connectivity index (χ4v) is 2.75. The molecule has 146 valence electrons. The molecule has 0 atom stereocenters. The van der Waals surface area contributed by atoms with Crippen LogP contribution in [0.1, 0.15) is 27.0 Å². The number of benzene rings is 3. The first-order valence-electron chi connectivity index (χ1n) is 8.89. The molecule has 0 saturated heterocycles. The average Bonchev–Trinajstić information content (AvgIpc) is 2.76. The van der Waals surface area contributed by atoms with Gasteiger partial charge in [-0.2, -0.15) is 0 Å². The zero-order valence-electron chi connectivity index (χ0n) is 15.8. The van der Waals surface area contributed by atoms with Crippen LogP contribution in [-0.2, 0) is 11.3 Å². The molecule has 3 aromatic carbocycles. The van der Waals surface area contributed by atoms with E-state index in [-0.39, 0.29) is 11.3 Å². The summed E-state index contributed by atoms with van der Waals surface area (Å²) in [6.45, 7) is 0.416. The lowest BCUT2D eigenvalue weighted by Crippen LogP contribution is -2.02. The van der Waals surface area contributed by atoms with Crippen molar-refractivity contribution in [3.63, 3.8) is 0 Å². The van der Waals surface area contributed by atoms with Crippen LogP contribution in [0, 0.1) is 10.1 Å². The number of hydrogen-bond donors (Lipinski definition) is 0. The summed E-state index contributed by atoms with van der Waals surface area (Å²) < 4.78 is 10.5. The van der Waals surface area contributed by atoms with Crippen LogP contribution in [0.4, 0.5) is 5.69 Å². The van der Waals surface area contributed by atoms with Crippen molar-refractivity contribution in [3.8, 4) is 5.75 Å². The molecule has 0 bridgehead atoms. The molecule has 0 radical (unpaired) electrons. The SMILES string of the molecule is COC(=O)c1ccc(/C=C/c2ccccc2OCc2ccccc2)c([N+](=O)[O-])c1. The molecule has 0 aromatic heterocycles. The van der Waals surface area contributed by atoms with Crippen LogP contribution in [0.3, 0.4) is 0 Å². The Kier molecular flexibility index (Phi) is 6.37. The molecule has 0 aliphatic rings. The molecule has 0 aliphatic carbocycles. The molecule has 3 rings (SSSR count). The van der Waals surface area contributed by atoms with Gasteiger partial charge < -0.3 is 9.47 Å². The van der Waals surface area contributed by atoms with Crippen LogP contribution < -0.4 is 4.74 Å². The molecule has 3 aromatic rings. The molecule has 0 spiro atoms. The predicted molar refractivity (Wildman–Crippen MR) is 111 cm³/mol. The summed E-state index contributed by atoms with van der Waals surface area (Å²) >= 11 is 0. The van der Waals surface area contributed by atoms with Crippen LogP contribution in [0.15, 0.2) is 72.8 Å². The molecule has 6 heteroatoms. The van der Waals surface area contributed by atoms with Crippen molar-refractivity contribution in [3.05, 3.63) is 105 Å². The fraction of sp³-hybridized carbons (Fsp3) is 0.0870. The van der Waals surface area contributed by atoms with E-state index >= 15 is 0 Å². The standard InChI is InChI=1S/C23H19NO5/c1-28-23(25)20-14-12-18(21(15-20)24(26)27)11-13-19-9-5-6-10-22(19)29-16-17-7-3-2-4-8-17/h2-15H,16H2,1H3/b13-11+. The third-order valence-electron chi connectivity index (χ3n) is 4.25. The van der Waals surface area contributed by atoms with Crippen LogP contribution >= 0.6 is 0 Å². The minimum atomic E-state index is -0.622. The minimum Gasteiger partial charge on any atom is -0.488 e. The molecule has 6 nitrogen and oxygen atoms in total. The van der Waals surface area contributed by atoms with Crippen molar-refractivity contribution in [2.24, 2.45) is 0 Å². The van der Waals surface area contributed by atoms with Crippen molar-refractivity contribution < 1.29 is 19.2 Å². The predicted octanol–water partition coefficient (Wildman–Crippen LogP) is 5.13. The second kappa shape index (κ2) is 9.32. The lowest BCUT2D eigenvalue weighted by atomic mass is 10.1. The number of hydrogen-bond acceptors (Lipinski definition) is 5. The van der Waals surface area contributed by atoms with E-state index in [0.29, 0.717) is 17.9 Å². The van der Waals surface area contributed by atoms with Crippen molar-refractivity contribution in [1.82, 2.24) is 0 Å². The third kappa shape index (κ3) is 5.07. The number of nitro groups is 1. The van der Waals surface area contributed by atoms with E-state index in [2.05, 4.69) is 4.74 Å². The van der Waals surface area contributed by atoms with Crippen molar-refractivity contribution in [1.29, 1.82) is 0 Å². The summed E-state index contributed by atoms with van der Waals surface area (Å²) in [5, 5.41) is 11.4. The zero-order valence-corrected chi connectivity index (χ0v) is 15.8. The van der Waals surface area contributed by atoms with E-state index in [4.69, 9.17) is 4.74 Å². The number of carbonyl (C=O) groups excluding carboxylic acids is 1. The Hall–Kier alpha value is -3.93. The maximum atomic E-state index is 11.6. The van der Waals surface area contributed by atoms with E-state index in [1.54, 1.807) is 12.2 Å². The molecule has 0 saturated carbocycles. The number of para-hydroxylation sites is 1. The van der Waals surface area contributed by atoms with Crippen molar-refractivity contribution in [2.75, 3.05) is 7.11 Å². The molecule has 0 amide bonds. The summed E-state index contributed by atoms with van der Waals surface area (Å²) in [7, 11) is 1.23. The number of rotatable bonds is 7. The van der Waals surface area contributed by atoms with Crippen molar-refractivity contribution in [2.45, 2.75) is 6.61 Å². The smallest absolute Gasteiger partial charge is 0.338 e. The number of ether oxygens (including phenoxy) is 2. The summed E-state index contributed by atoms with van der Waals surface area (Å²) in [6.07, 6.45) is 3.38. The highest BCUT2D eigenvalue weighted by atomic mass is 16.6. The van der Waals surface area contributed by atoms with E-state index in [0.717, 1.165) is 11.1 Å². The van der Waals surface area contributed by atoms with E-state index in [9.17, 15) is 14.9 Å². The van der Waals surface area contributed by atoms with Crippen LogP contribution in [-0.4, -0.2) is 18.0 Å². The first-order valence-corrected chi connectivity index (χ1v) is 8.89. The summed E-state index contributed by atoms with van der Waals surface area (Å²) in [4.78, 5) is 22.5. The number of esters is 1. The minimum absolute atomic E-state index is 0.128. The second-order valence-electron chi connectivity index (χ2n) is 6.17. The van der Waals surface area contributed by atoms with Gasteiger partial charge in [-0.05, 0) is 29.8 Å². The molecule has 0 N–H and O–H groups in total. The zero-order chi connectivity index (χ0) is 20.6. The first-order chi connectivity index (χ1) is 14.1. The maximum absolute atomic E-state index is 11.6. The normalized spacial score (nSPS) is 10.7. The second-order valence-corrected chi connectivity index (χ2v) is 6.17. The lowest BCUT2D eigenvalue weighted by Gasteiger charge is -2.09. The Morgan fingerprint density at radius 1 is 0.966 bits per heavy atom. The van der Waals surface area contributed by atoms with Gasteiger partial charge in [0, 0.05) is 11.6 Å². The quantitative estimate of drug-likeness (QED) is 0.242. The summed E-state index contributed by atoms with van der Waals surface area (Å²) in [5.74, 6) is 0.0460. The van der Waals surface area contributed by atoms with Crippen molar-refractivity contribution >= 4 is 23.8 Å². The van der Waals surface area contributed by atoms with E-state index in [1.165, 1.54) is 25.3 Å². The van der Waals surface area contributed by atoms with Gasteiger partial charge in [0.15, 0.2) is 0 Å². The molecular weight excluding hydrogens is 370 g/mol. The largest absolute Gasteiger partial charge is 0.488 e.